The zero-order valence-corrected chi connectivity index (χ0v) is 20.8. The molecule has 1 unspecified atom stereocenters. The van der Waals surface area contributed by atoms with Crippen molar-refractivity contribution >= 4 is 21.6 Å². The molecule has 3 aromatic carbocycles. The molecule has 0 radical (unpaired) electrons. The lowest BCUT2D eigenvalue weighted by atomic mass is 10.1. The van der Waals surface area contributed by atoms with Crippen LogP contribution in [0.25, 0.3) is 0 Å². The number of ether oxygens (including phenoxy) is 2. The smallest absolute Gasteiger partial charge is 0.251 e. The molecule has 7 nitrogen and oxygen atoms in total. The summed E-state index contributed by atoms with van der Waals surface area (Å²) in [4.78, 5) is 12.8. The van der Waals surface area contributed by atoms with Crippen molar-refractivity contribution in [3.05, 3.63) is 89.0 Å². The quantitative estimate of drug-likeness (QED) is 0.486. The second-order valence-electron chi connectivity index (χ2n) is 8.11. The molecule has 1 N–H and O–H groups in total. The van der Waals surface area contributed by atoms with Crippen LogP contribution in [0.1, 0.15) is 40.0 Å². The number of anilines is 1. The van der Waals surface area contributed by atoms with Gasteiger partial charge in [0.05, 0.1) is 38.7 Å². The lowest BCUT2D eigenvalue weighted by Gasteiger charge is -2.23. The lowest BCUT2D eigenvalue weighted by molar-refractivity contribution is 0.0940. The van der Waals surface area contributed by atoms with Crippen molar-refractivity contribution in [3.63, 3.8) is 0 Å². The Morgan fingerprint density at radius 2 is 1.56 bits per heavy atom. The molecule has 3 rings (SSSR count). The number of amides is 1. The molecular formula is C26H30N2O5S. The third-order valence-electron chi connectivity index (χ3n) is 5.52. The zero-order valence-electron chi connectivity index (χ0n) is 20.0. The lowest BCUT2D eigenvalue weighted by Crippen LogP contribution is -2.29. The molecule has 0 saturated heterocycles. The molecule has 0 spiro atoms. The summed E-state index contributed by atoms with van der Waals surface area (Å²) >= 11 is 0. The minimum absolute atomic E-state index is 0.209. The second-order valence-corrected chi connectivity index (χ2v) is 10.0. The summed E-state index contributed by atoms with van der Waals surface area (Å²) in [5.41, 5.74) is 3.77. The molecule has 0 aliphatic carbocycles. The maximum Gasteiger partial charge on any atom is 0.251 e. The molecule has 8 heteroatoms. The summed E-state index contributed by atoms with van der Waals surface area (Å²) in [6.07, 6.45) is 1.17. The van der Waals surface area contributed by atoms with Gasteiger partial charge in [-0.2, -0.15) is 0 Å². The predicted octanol–water partition coefficient (Wildman–Crippen LogP) is 4.47. The molecule has 1 atom stereocenters. The van der Waals surface area contributed by atoms with Crippen LogP contribution in [0.4, 0.5) is 5.69 Å². The van der Waals surface area contributed by atoms with Crippen LogP contribution in [-0.2, 0) is 16.6 Å². The molecule has 180 valence electrons. The number of aryl methyl sites for hydroxylation is 1. The van der Waals surface area contributed by atoms with Crippen molar-refractivity contribution in [3.8, 4) is 11.5 Å². The van der Waals surface area contributed by atoms with Gasteiger partial charge in [-0.1, -0.05) is 35.9 Å². The topological polar surface area (TPSA) is 84.9 Å². The first-order chi connectivity index (χ1) is 16.1. The molecule has 0 fully saturated rings. The number of carbonyl (C=O) groups excluding carboxylic acids is 1. The van der Waals surface area contributed by atoms with Gasteiger partial charge in [-0.15, -0.1) is 0 Å². The van der Waals surface area contributed by atoms with Crippen molar-refractivity contribution < 1.29 is 22.7 Å². The van der Waals surface area contributed by atoms with Gasteiger partial charge >= 0.3 is 0 Å². The molecule has 3 aromatic rings. The highest BCUT2D eigenvalue weighted by Crippen LogP contribution is 2.30. The van der Waals surface area contributed by atoms with Crippen molar-refractivity contribution in [1.82, 2.24) is 5.32 Å². The van der Waals surface area contributed by atoms with Gasteiger partial charge < -0.3 is 14.8 Å². The van der Waals surface area contributed by atoms with Gasteiger partial charge in [-0.05, 0) is 61.4 Å². The second kappa shape index (κ2) is 10.6. The molecule has 0 bridgehead atoms. The first kappa shape index (κ1) is 25.1. The third kappa shape index (κ3) is 6.08. The third-order valence-corrected chi connectivity index (χ3v) is 6.66. The van der Waals surface area contributed by atoms with E-state index in [9.17, 15) is 13.2 Å². The Morgan fingerprint density at radius 3 is 2.12 bits per heavy atom. The average molecular weight is 483 g/mol. The van der Waals surface area contributed by atoms with E-state index in [1.807, 2.05) is 50.2 Å². The van der Waals surface area contributed by atoms with Crippen LogP contribution in [0, 0.1) is 6.92 Å². The van der Waals surface area contributed by atoms with Crippen LogP contribution in [0.3, 0.4) is 0 Å². The molecule has 0 heterocycles. The molecule has 0 aromatic heterocycles. The van der Waals surface area contributed by atoms with E-state index in [0.717, 1.165) is 16.7 Å². The Hall–Kier alpha value is -3.52. The Morgan fingerprint density at radius 1 is 0.941 bits per heavy atom. The number of nitrogens with one attached hydrogen (secondary N) is 1. The maximum atomic E-state index is 12.8. The predicted molar refractivity (Wildman–Crippen MR) is 134 cm³/mol. The minimum Gasteiger partial charge on any atom is -0.493 e. The number of rotatable bonds is 9. The Balaban J connectivity index is 1.75. The first-order valence-electron chi connectivity index (χ1n) is 10.8. The van der Waals surface area contributed by atoms with Crippen LogP contribution >= 0.6 is 0 Å². The van der Waals surface area contributed by atoms with Crippen molar-refractivity contribution in [2.75, 3.05) is 24.8 Å². The Bertz CT molecular complexity index is 1240. The van der Waals surface area contributed by atoms with Gasteiger partial charge in [0.1, 0.15) is 0 Å². The number of hydrogen-bond donors (Lipinski definition) is 1. The average Bonchev–Trinajstić information content (AvgIpc) is 2.82. The summed E-state index contributed by atoms with van der Waals surface area (Å²) in [6, 6.07) is 19.4. The van der Waals surface area contributed by atoms with Gasteiger partial charge in [0, 0.05) is 5.56 Å². The summed E-state index contributed by atoms with van der Waals surface area (Å²) in [6.45, 7) is 4.06. The van der Waals surface area contributed by atoms with Gasteiger partial charge in [-0.3, -0.25) is 9.10 Å². The number of hydrogen-bond acceptors (Lipinski definition) is 5. The number of nitrogens with zero attached hydrogens (tertiary/aromatic N) is 1. The van der Waals surface area contributed by atoms with Crippen LogP contribution in [0.2, 0.25) is 0 Å². The zero-order chi connectivity index (χ0) is 24.9. The van der Waals surface area contributed by atoms with Crippen molar-refractivity contribution in [2.24, 2.45) is 0 Å². The highest BCUT2D eigenvalue weighted by molar-refractivity contribution is 7.92. The molecule has 1 amide bonds. The Labute approximate surface area is 201 Å². The number of benzene rings is 3. The summed E-state index contributed by atoms with van der Waals surface area (Å²) in [5, 5.41) is 2.96. The van der Waals surface area contributed by atoms with Gasteiger partial charge in [0.2, 0.25) is 10.0 Å². The minimum atomic E-state index is -3.52. The number of carbonyl (C=O) groups is 1. The fourth-order valence-electron chi connectivity index (χ4n) is 3.52. The van der Waals surface area contributed by atoms with E-state index in [0.29, 0.717) is 22.7 Å². The molecule has 0 aliphatic heterocycles. The van der Waals surface area contributed by atoms with Crippen LogP contribution in [0.15, 0.2) is 66.7 Å². The fraction of sp³-hybridized carbons (Fsp3) is 0.269. The number of methoxy groups -OCH3 is 2. The van der Waals surface area contributed by atoms with Crippen LogP contribution in [0.5, 0.6) is 11.5 Å². The van der Waals surface area contributed by atoms with E-state index in [1.54, 1.807) is 44.6 Å². The largest absolute Gasteiger partial charge is 0.493 e. The fourth-order valence-corrected chi connectivity index (χ4v) is 4.41. The standard InChI is InChI=1S/C26H30N2O5S/c1-18-6-8-20(9-7-18)17-28(34(5,30)31)23-13-10-21(11-14-23)26(29)27-19(2)22-12-15-24(32-3)25(16-22)33-4/h6-16,19H,17H2,1-5H3,(H,27,29). The summed E-state index contributed by atoms with van der Waals surface area (Å²) in [5.74, 6) is 0.930. The highest BCUT2D eigenvalue weighted by atomic mass is 32.2. The van der Waals surface area contributed by atoms with Crippen molar-refractivity contribution in [1.29, 1.82) is 0 Å². The van der Waals surface area contributed by atoms with Gasteiger partial charge in [0.15, 0.2) is 11.5 Å². The normalized spacial score (nSPS) is 12.0. The van der Waals surface area contributed by atoms with Crippen LogP contribution in [-0.4, -0.2) is 34.8 Å². The molecule has 0 saturated carbocycles. The molecule has 34 heavy (non-hydrogen) atoms. The first-order valence-corrected chi connectivity index (χ1v) is 12.6. The van der Waals surface area contributed by atoms with E-state index in [2.05, 4.69) is 5.32 Å². The molecular weight excluding hydrogens is 452 g/mol. The summed E-state index contributed by atoms with van der Waals surface area (Å²) < 4.78 is 36.8. The maximum absolute atomic E-state index is 12.8. The number of sulfonamides is 1. The van der Waals surface area contributed by atoms with E-state index >= 15 is 0 Å². The van der Waals surface area contributed by atoms with Crippen molar-refractivity contribution in [2.45, 2.75) is 26.4 Å². The van der Waals surface area contributed by atoms with E-state index in [1.165, 1.54) is 10.6 Å². The SMILES string of the molecule is COc1ccc(C(C)NC(=O)c2ccc(N(Cc3ccc(C)cc3)S(C)(=O)=O)cc2)cc1OC. The van der Waals surface area contributed by atoms with Gasteiger partial charge in [-0.25, -0.2) is 8.42 Å². The highest BCUT2D eigenvalue weighted by Gasteiger charge is 2.19. The van der Waals surface area contributed by atoms with E-state index in [-0.39, 0.29) is 18.5 Å². The monoisotopic (exact) mass is 482 g/mol. The van der Waals surface area contributed by atoms with Gasteiger partial charge in [0.25, 0.3) is 5.91 Å². The molecule has 0 aliphatic rings. The summed E-state index contributed by atoms with van der Waals surface area (Å²) in [7, 11) is -0.388. The van der Waals surface area contributed by atoms with E-state index < -0.39 is 10.0 Å². The van der Waals surface area contributed by atoms with Crippen LogP contribution < -0.4 is 19.1 Å². The Kier molecular flexibility index (Phi) is 7.83. The van der Waals surface area contributed by atoms with E-state index in [4.69, 9.17) is 9.47 Å².